The number of halogens is 1. The summed E-state index contributed by atoms with van der Waals surface area (Å²) in [6, 6.07) is 3.49. The van der Waals surface area contributed by atoms with E-state index in [0.29, 0.717) is 17.4 Å². The molecule has 1 aliphatic heterocycles. The third-order valence-corrected chi connectivity index (χ3v) is 9.92. The van der Waals surface area contributed by atoms with Crippen LogP contribution in [0.2, 0.25) is 0 Å². The number of carbonyl (C=O) groups excluding carboxylic acids is 4. The fourth-order valence-electron chi connectivity index (χ4n) is 7.40. The maximum atomic E-state index is 14.4. The van der Waals surface area contributed by atoms with Gasteiger partial charge in [0.2, 0.25) is 11.8 Å². The van der Waals surface area contributed by atoms with E-state index in [1.807, 2.05) is 20.8 Å². The number of rotatable bonds is 8. The molecule has 0 bridgehead atoms. The Morgan fingerprint density at radius 3 is 2.43 bits per heavy atom. The van der Waals surface area contributed by atoms with Crippen LogP contribution in [-0.4, -0.2) is 69.8 Å². The van der Waals surface area contributed by atoms with Crippen molar-refractivity contribution in [1.29, 1.82) is 0 Å². The highest BCUT2D eigenvalue weighted by atomic mass is 19.1. The molecule has 5 atom stereocenters. The number of ketones is 1. The number of piperidine rings is 1. The first kappa shape index (κ1) is 30.2. The zero-order chi connectivity index (χ0) is 30.6. The predicted molar refractivity (Wildman–Crippen MR) is 156 cm³/mol. The standard InChI is InChI=1S/C32H43FN4O5/c1-31(2,3)27(23(39)16-38)36-29(41)26-24-19(32(24,4)5)15-37(26)30(42)25(17-10-7-6-8-11-17)35-28(40)22-14-18-20(33)12-9-13-21(18)34-22/h9,12-14,17,19,24-27,34,38H,6-8,10-11,15-16H2,1-5H3,(H,35,40)(H,36,41)/t19-,24-,25-,26-,27+/m0/s1. The number of amides is 3. The van der Waals surface area contributed by atoms with Crippen LogP contribution in [0.4, 0.5) is 4.39 Å². The van der Waals surface area contributed by atoms with E-state index in [4.69, 9.17) is 0 Å². The first-order chi connectivity index (χ1) is 19.8. The van der Waals surface area contributed by atoms with Crippen LogP contribution < -0.4 is 10.6 Å². The molecule has 2 saturated carbocycles. The Labute approximate surface area is 246 Å². The lowest BCUT2D eigenvalue weighted by molar-refractivity contribution is -0.144. The summed E-state index contributed by atoms with van der Waals surface area (Å²) in [6.45, 7) is 9.31. The van der Waals surface area contributed by atoms with Crippen molar-refractivity contribution in [2.24, 2.45) is 28.6 Å². The van der Waals surface area contributed by atoms with Crippen molar-refractivity contribution in [3.05, 3.63) is 35.8 Å². The van der Waals surface area contributed by atoms with Gasteiger partial charge >= 0.3 is 0 Å². The van der Waals surface area contributed by atoms with Gasteiger partial charge in [-0.1, -0.05) is 59.9 Å². The van der Waals surface area contributed by atoms with Crippen LogP contribution in [0.25, 0.3) is 10.9 Å². The summed E-state index contributed by atoms with van der Waals surface area (Å²) in [6.07, 6.45) is 4.50. The topological polar surface area (TPSA) is 132 Å². The Kier molecular flexibility index (Phi) is 7.98. The molecule has 0 radical (unpaired) electrons. The molecule has 1 aromatic heterocycles. The number of benzene rings is 1. The number of H-pyrrole nitrogens is 1. The van der Waals surface area contributed by atoms with Crippen LogP contribution in [0.3, 0.4) is 0 Å². The van der Waals surface area contributed by atoms with Crippen LogP contribution in [0.1, 0.15) is 77.2 Å². The van der Waals surface area contributed by atoms with Gasteiger partial charge in [0.1, 0.15) is 30.2 Å². The second-order valence-electron chi connectivity index (χ2n) is 14.1. The number of fused-ring (bicyclic) bond motifs is 2. The summed E-state index contributed by atoms with van der Waals surface area (Å²) in [4.78, 5) is 58.8. The monoisotopic (exact) mass is 582 g/mol. The van der Waals surface area contributed by atoms with E-state index in [1.165, 1.54) is 12.1 Å². The summed E-state index contributed by atoms with van der Waals surface area (Å²) >= 11 is 0. The summed E-state index contributed by atoms with van der Waals surface area (Å²) in [5, 5.41) is 15.7. The highest BCUT2D eigenvalue weighted by Crippen LogP contribution is 2.65. The lowest BCUT2D eigenvalue weighted by Gasteiger charge is -2.38. The minimum Gasteiger partial charge on any atom is -0.389 e. The molecule has 0 unspecified atom stereocenters. The van der Waals surface area contributed by atoms with Crippen LogP contribution >= 0.6 is 0 Å². The Morgan fingerprint density at radius 2 is 1.81 bits per heavy atom. The van der Waals surface area contributed by atoms with Gasteiger partial charge in [0.25, 0.3) is 5.91 Å². The molecule has 9 nitrogen and oxygen atoms in total. The molecule has 2 aliphatic carbocycles. The van der Waals surface area contributed by atoms with Crippen molar-refractivity contribution in [3.63, 3.8) is 0 Å². The predicted octanol–water partition coefficient (Wildman–Crippen LogP) is 3.56. The van der Waals surface area contributed by atoms with E-state index in [2.05, 4.69) is 29.5 Å². The van der Waals surface area contributed by atoms with Crippen molar-refractivity contribution in [3.8, 4) is 0 Å². The van der Waals surface area contributed by atoms with Crippen LogP contribution in [0.5, 0.6) is 0 Å². The van der Waals surface area contributed by atoms with Crippen molar-refractivity contribution in [2.45, 2.75) is 84.8 Å². The van der Waals surface area contributed by atoms with Crippen molar-refractivity contribution in [1.82, 2.24) is 20.5 Å². The van der Waals surface area contributed by atoms with Gasteiger partial charge in [0.05, 0.1) is 6.04 Å². The minimum atomic E-state index is -0.913. The molecule has 1 aromatic carbocycles. The summed E-state index contributed by atoms with van der Waals surface area (Å²) in [5.41, 5.74) is -0.127. The number of aliphatic hydroxyl groups excluding tert-OH is 1. The Morgan fingerprint density at radius 1 is 1.12 bits per heavy atom. The number of hydrogen-bond donors (Lipinski definition) is 4. The molecule has 3 aliphatic rings. The summed E-state index contributed by atoms with van der Waals surface area (Å²) in [7, 11) is 0. The molecule has 3 fully saturated rings. The fourth-order valence-corrected chi connectivity index (χ4v) is 7.40. The first-order valence-corrected chi connectivity index (χ1v) is 15.1. The smallest absolute Gasteiger partial charge is 0.268 e. The number of nitrogens with one attached hydrogen (secondary N) is 3. The van der Waals surface area contributed by atoms with Crippen molar-refractivity contribution < 1.29 is 28.7 Å². The van der Waals surface area contributed by atoms with E-state index in [1.54, 1.807) is 17.0 Å². The number of aromatic nitrogens is 1. The van der Waals surface area contributed by atoms with Gasteiger partial charge in [0.15, 0.2) is 5.78 Å². The molecule has 5 rings (SSSR count). The Bertz CT molecular complexity index is 1390. The van der Waals surface area contributed by atoms with Crippen LogP contribution in [0.15, 0.2) is 24.3 Å². The number of aromatic amines is 1. The molecular weight excluding hydrogens is 539 g/mol. The highest BCUT2D eigenvalue weighted by Gasteiger charge is 2.69. The number of carbonyl (C=O) groups is 4. The molecule has 10 heteroatoms. The zero-order valence-electron chi connectivity index (χ0n) is 25.1. The third-order valence-electron chi connectivity index (χ3n) is 9.92. The maximum Gasteiger partial charge on any atom is 0.268 e. The molecule has 3 amide bonds. The average molecular weight is 583 g/mol. The maximum absolute atomic E-state index is 14.4. The number of likely N-dealkylation sites (tertiary alicyclic amines) is 1. The zero-order valence-corrected chi connectivity index (χ0v) is 25.1. The molecule has 1 saturated heterocycles. The van der Waals surface area contributed by atoms with Crippen LogP contribution in [0, 0.1) is 34.4 Å². The average Bonchev–Trinajstić information content (AvgIpc) is 3.33. The number of nitrogens with zero attached hydrogens (tertiary/aromatic N) is 1. The molecular formula is C32H43FN4O5. The van der Waals surface area contributed by atoms with Gasteiger partial charge in [-0.15, -0.1) is 0 Å². The van der Waals surface area contributed by atoms with E-state index >= 15 is 0 Å². The largest absolute Gasteiger partial charge is 0.389 e. The van der Waals surface area contributed by atoms with Gasteiger partial charge in [-0.05, 0) is 59.6 Å². The van der Waals surface area contributed by atoms with E-state index < -0.39 is 53.6 Å². The number of Topliss-reactive ketones (excluding diaryl/α,β-unsaturated/α-hetero) is 1. The van der Waals surface area contributed by atoms with E-state index in [-0.39, 0.29) is 34.8 Å². The van der Waals surface area contributed by atoms with Gasteiger partial charge < -0.3 is 25.6 Å². The fraction of sp³-hybridized carbons (Fsp3) is 0.625. The van der Waals surface area contributed by atoms with Gasteiger partial charge in [0, 0.05) is 17.4 Å². The second kappa shape index (κ2) is 11.1. The second-order valence-corrected chi connectivity index (χ2v) is 14.1. The van der Waals surface area contributed by atoms with E-state index in [9.17, 15) is 28.7 Å². The minimum absolute atomic E-state index is 0.0781. The first-order valence-electron chi connectivity index (χ1n) is 15.1. The van der Waals surface area contributed by atoms with E-state index in [0.717, 1.165) is 32.1 Å². The molecule has 42 heavy (non-hydrogen) atoms. The van der Waals surface area contributed by atoms with Gasteiger partial charge in [-0.3, -0.25) is 19.2 Å². The molecule has 4 N–H and O–H groups in total. The third kappa shape index (κ3) is 5.45. The quantitative estimate of drug-likeness (QED) is 0.378. The van der Waals surface area contributed by atoms with Crippen molar-refractivity contribution >= 4 is 34.4 Å². The summed E-state index contributed by atoms with van der Waals surface area (Å²) < 4.78 is 14.3. The molecule has 2 heterocycles. The SMILES string of the molecule is CC(C)(C)[C@H](NC(=O)[C@@H]1[C@@H]2[C@H](CN1C(=O)[C@@H](NC(=O)c1cc3c(F)cccc3[nH]1)C1CCCCC1)C2(C)C)C(=O)CO. The molecule has 0 spiro atoms. The number of aliphatic hydroxyl groups is 1. The molecule has 2 aromatic rings. The normalized spacial score (nSPS) is 25.0. The summed E-state index contributed by atoms with van der Waals surface area (Å²) in [5.74, 6) is -2.19. The van der Waals surface area contributed by atoms with Gasteiger partial charge in [-0.25, -0.2) is 4.39 Å². The highest BCUT2D eigenvalue weighted by molar-refractivity contribution is 6.01. The lowest BCUT2D eigenvalue weighted by Crippen LogP contribution is -2.60. The van der Waals surface area contributed by atoms with Crippen LogP contribution in [-0.2, 0) is 14.4 Å². The van der Waals surface area contributed by atoms with Crippen molar-refractivity contribution in [2.75, 3.05) is 13.2 Å². The van der Waals surface area contributed by atoms with Gasteiger partial charge in [-0.2, -0.15) is 0 Å². The lowest BCUT2D eigenvalue weighted by atomic mass is 9.82. The Balaban J connectivity index is 1.42. The molecule has 228 valence electrons. The Hall–Kier alpha value is -3.27. The number of hydrogen-bond acceptors (Lipinski definition) is 5.